The first-order valence-corrected chi connectivity index (χ1v) is 17.5. The van der Waals surface area contributed by atoms with Gasteiger partial charge >= 0.3 is 0 Å². The van der Waals surface area contributed by atoms with Gasteiger partial charge in [-0.2, -0.15) is 0 Å². The third kappa shape index (κ3) is 8.13. The maximum absolute atomic E-state index is 12.0. The normalized spacial score (nSPS) is 11.2. The fourth-order valence-electron chi connectivity index (χ4n) is 6.22. The highest BCUT2D eigenvalue weighted by atomic mass is 79.9. The van der Waals surface area contributed by atoms with Crippen molar-refractivity contribution in [3.8, 4) is 11.1 Å². The maximum Gasteiger partial charge on any atom is 0.253 e. The van der Waals surface area contributed by atoms with Crippen molar-refractivity contribution in [1.82, 2.24) is 23.7 Å². The molecule has 7 rings (SSSR count). The number of nitrogens with zero attached hydrogens (tertiary/aromatic N) is 5. The molecule has 7 aromatic rings. The van der Waals surface area contributed by atoms with Crippen LogP contribution >= 0.6 is 15.9 Å². The van der Waals surface area contributed by atoms with Crippen LogP contribution < -0.4 is 5.56 Å². The molecule has 0 amide bonds. The number of halogens is 1. The van der Waals surface area contributed by atoms with E-state index in [9.17, 15) is 4.79 Å². The molecule has 0 N–H and O–H groups in total. The summed E-state index contributed by atoms with van der Waals surface area (Å²) >= 11 is 3.54. The Hall–Kier alpha value is -4.83. The van der Waals surface area contributed by atoms with E-state index in [2.05, 4.69) is 104 Å². The van der Waals surface area contributed by atoms with Crippen LogP contribution in [0.4, 0.5) is 0 Å². The fourth-order valence-corrected chi connectivity index (χ4v) is 6.57. The minimum Gasteiger partial charge on any atom is -0.383 e. The van der Waals surface area contributed by atoms with Crippen molar-refractivity contribution in [3.63, 3.8) is 0 Å². The van der Waals surface area contributed by atoms with E-state index in [1.54, 1.807) is 25.8 Å². The first kappa shape index (κ1) is 35.0. The van der Waals surface area contributed by atoms with E-state index in [1.807, 2.05) is 37.4 Å². The number of benzene rings is 4. The lowest BCUT2D eigenvalue weighted by molar-refractivity contribution is 0.187. The Bertz CT molecular complexity index is 2230. The monoisotopic (exact) mass is 731 g/mol. The summed E-state index contributed by atoms with van der Waals surface area (Å²) in [4.78, 5) is 21.7. The number of fused-ring (bicyclic) bond motifs is 2. The third-order valence-electron chi connectivity index (χ3n) is 8.76. The van der Waals surface area contributed by atoms with Crippen LogP contribution in [0.5, 0.6) is 0 Å². The van der Waals surface area contributed by atoms with E-state index in [0.717, 1.165) is 80.8 Å². The molecule has 4 aromatic carbocycles. The molecule has 3 aromatic heterocycles. The minimum atomic E-state index is 0.0325. The summed E-state index contributed by atoms with van der Waals surface area (Å²) < 4.78 is 17.8. The summed E-state index contributed by atoms with van der Waals surface area (Å²) in [7, 11) is 5.23. The quantitative estimate of drug-likeness (QED) is 0.135. The molecule has 0 aliphatic carbocycles. The van der Waals surface area contributed by atoms with Crippen molar-refractivity contribution in [2.75, 3.05) is 27.4 Å². The van der Waals surface area contributed by atoms with Crippen LogP contribution in [0.25, 0.3) is 33.2 Å². The number of hydrogen-bond donors (Lipinski definition) is 0. The summed E-state index contributed by atoms with van der Waals surface area (Å²) in [5.74, 6) is 2.10. The number of aryl methyl sites for hydroxylation is 2. The number of ether oxygens (including phenoxy) is 2. The minimum absolute atomic E-state index is 0.0325. The molecule has 0 fully saturated rings. The topological polar surface area (TPSA) is 76.1 Å². The number of methoxy groups -OCH3 is 2. The van der Waals surface area contributed by atoms with E-state index >= 15 is 0 Å². The van der Waals surface area contributed by atoms with Crippen molar-refractivity contribution in [3.05, 3.63) is 152 Å². The summed E-state index contributed by atoms with van der Waals surface area (Å²) in [6, 6.07) is 35.3. The molecule has 50 heavy (non-hydrogen) atoms. The molecule has 0 saturated heterocycles. The summed E-state index contributed by atoms with van der Waals surface area (Å²) in [5.41, 5.74) is 9.59. The third-order valence-corrected chi connectivity index (χ3v) is 9.25. The number of pyridine rings is 1. The van der Waals surface area contributed by atoms with Crippen LogP contribution in [-0.2, 0) is 42.5 Å². The zero-order valence-corrected chi connectivity index (χ0v) is 30.6. The fraction of sp³-hybridized carbons (Fsp3) is 0.244. The lowest BCUT2D eigenvalue weighted by Crippen LogP contribution is -2.18. The van der Waals surface area contributed by atoms with Gasteiger partial charge in [-0.15, -0.1) is 0 Å². The zero-order chi connectivity index (χ0) is 35.0. The predicted octanol–water partition coefficient (Wildman–Crippen LogP) is 7.98. The molecule has 0 saturated carbocycles. The first-order chi connectivity index (χ1) is 24.3. The van der Waals surface area contributed by atoms with Crippen LogP contribution in [0.3, 0.4) is 0 Å². The molecule has 0 aliphatic heterocycles. The molecule has 3 heterocycles. The van der Waals surface area contributed by atoms with Crippen molar-refractivity contribution in [1.29, 1.82) is 0 Å². The smallest absolute Gasteiger partial charge is 0.253 e. The Morgan fingerprint density at radius 3 is 1.70 bits per heavy atom. The second-order valence-corrected chi connectivity index (χ2v) is 13.2. The Morgan fingerprint density at radius 2 is 1.18 bits per heavy atom. The van der Waals surface area contributed by atoms with Crippen LogP contribution in [0.1, 0.15) is 28.3 Å². The van der Waals surface area contributed by atoms with Gasteiger partial charge in [0.1, 0.15) is 11.6 Å². The van der Waals surface area contributed by atoms with Gasteiger partial charge in [0, 0.05) is 63.4 Å². The summed E-state index contributed by atoms with van der Waals surface area (Å²) in [6.45, 7) is 4.71. The largest absolute Gasteiger partial charge is 0.383 e. The van der Waals surface area contributed by atoms with Gasteiger partial charge in [0.2, 0.25) is 0 Å². The highest BCUT2D eigenvalue weighted by Crippen LogP contribution is 2.27. The van der Waals surface area contributed by atoms with Crippen molar-refractivity contribution < 1.29 is 9.47 Å². The Morgan fingerprint density at radius 1 is 0.660 bits per heavy atom. The van der Waals surface area contributed by atoms with Gasteiger partial charge in [0.15, 0.2) is 0 Å². The van der Waals surface area contributed by atoms with Gasteiger partial charge < -0.3 is 23.2 Å². The average Bonchev–Trinajstić information content (AvgIpc) is 3.65. The Labute approximate surface area is 301 Å². The van der Waals surface area contributed by atoms with E-state index in [1.165, 1.54) is 11.1 Å². The molecule has 0 unspecified atom stereocenters. The lowest BCUT2D eigenvalue weighted by atomic mass is 10.1. The SMILES string of the molecule is COCCn1c(Cc2ccccc2)nc2ccc(-c3cc(C)c(=O)n(C)c3)cc21.COCCn1c(Cc2ccccc2)nc2ccc(Br)cc21. The zero-order valence-electron chi connectivity index (χ0n) is 29.0. The molecule has 256 valence electrons. The second-order valence-electron chi connectivity index (χ2n) is 12.3. The van der Waals surface area contributed by atoms with Gasteiger partial charge in [-0.05, 0) is 65.6 Å². The van der Waals surface area contributed by atoms with Crippen molar-refractivity contribution in [2.24, 2.45) is 7.05 Å². The van der Waals surface area contributed by atoms with Gasteiger partial charge in [0.25, 0.3) is 5.56 Å². The second kappa shape index (κ2) is 16.3. The number of imidazole rings is 2. The molecule has 0 aliphatic rings. The van der Waals surface area contributed by atoms with E-state index in [0.29, 0.717) is 13.2 Å². The molecular weight excluding hydrogens is 690 g/mol. The molecule has 0 atom stereocenters. The molecule has 0 bridgehead atoms. The van der Waals surface area contributed by atoms with Crippen LogP contribution in [-0.4, -0.2) is 51.1 Å². The van der Waals surface area contributed by atoms with E-state index in [4.69, 9.17) is 19.4 Å². The molecule has 0 spiro atoms. The Balaban J connectivity index is 0.000000182. The summed E-state index contributed by atoms with van der Waals surface area (Å²) in [5, 5.41) is 0. The van der Waals surface area contributed by atoms with E-state index in [-0.39, 0.29) is 5.56 Å². The van der Waals surface area contributed by atoms with Crippen molar-refractivity contribution >= 4 is 38.0 Å². The first-order valence-electron chi connectivity index (χ1n) is 16.7. The molecular formula is C41H42BrN5O3. The van der Waals surface area contributed by atoms with Crippen LogP contribution in [0.2, 0.25) is 0 Å². The highest BCUT2D eigenvalue weighted by Gasteiger charge is 2.14. The molecule has 0 radical (unpaired) electrons. The number of hydrogen-bond acceptors (Lipinski definition) is 5. The maximum atomic E-state index is 12.0. The lowest BCUT2D eigenvalue weighted by Gasteiger charge is -2.10. The number of rotatable bonds is 11. The van der Waals surface area contributed by atoms with Gasteiger partial charge in [-0.3, -0.25) is 4.79 Å². The number of aromatic nitrogens is 5. The van der Waals surface area contributed by atoms with E-state index < -0.39 is 0 Å². The van der Waals surface area contributed by atoms with Gasteiger partial charge in [0.05, 0.1) is 35.3 Å². The molecule has 8 nitrogen and oxygen atoms in total. The average molecular weight is 733 g/mol. The van der Waals surface area contributed by atoms with Crippen LogP contribution in [0, 0.1) is 6.92 Å². The highest BCUT2D eigenvalue weighted by molar-refractivity contribution is 9.10. The predicted molar refractivity (Wildman–Crippen MR) is 205 cm³/mol. The standard InChI is InChI=1S/C24H25N3O2.C17H17BrN2O/c1-17-13-20(16-26(2)24(17)28)19-9-10-21-22(15-19)27(11-12-29-3)23(25-21)14-18-7-5-4-6-8-18;1-21-10-9-20-16-12-14(18)7-8-15(16)19-17(20)11-13-5-3-2-4-6-13/h4-10,13,15-16H,11-12,14H2,1-3H3;2-8,12H,9-11H2,1H3. The van der Waals surface area contributed by atoms with Crippen LogP contribution in [0.15, 0.2) is 119 Å². The summed E-state index contributed by atoms with van der Waals surface area (Å²) in [6.07, 6.45) is 3.49. The van der Waals surface area contributed by atoms with Gasteiger partial charge in [-0.25, -0.2) is 9.97 Å². The van der Waals surface area contributed by atoms with Crippen molar-refractivity contribution in [2.45, 2.75) is 32.9 Å². The Kier molecular flexibility index (Phi) is 11.4. The van der Waals surface area contributed by atoms with Gasteiger partial charge in [-0.1, -0.05) is 82.7 Å². The molecule has 9 heteroatoms.